The summed E-state index contributed by atoms with van der Waals surface area (Å²) in [7, 11) is 0. The molecule has 1 aliphatic heterocycles. The second-order valence-corrected chi connectivity index (χ2v) is 6.07. The van der Waals surface area contributed by atoms with E-state index in [-0.39, 0.29) is 5.91 Å². The number of anilines is 1. The van der Waals surface area contributed by atoms with Crippen LogP contribution in [0.2, 0.25) is 0 Å². The van der Waals surface area contributed by atoms with Gasteiger partial charge in [-0.2, -0.15) is 0 Å². The number of guanidine groups is 1. The summed E-state index contributed by atoms with van der Waals surface area (Å²) in [6.07, 6.45) is 4.59. The van der Waals surface area contributed by atoms with Crippen molar-refractivity contribution in [2.75, 3.05) is 31.1 Å². The first-order chi connectivity index (χ1) is 11.8. The molecule has 0 spiro atoms. The minimum atomic E-state index is 0.207. The summed E-state index contributed by atoms with van der Waals surface area (Å²) >= 11 is 0. The molecule has 0 atom stereocenters. The highest BCUT2D eigenvalue weighted by Gasteiger charge is 2.23. The van der Waals surface area contributed by atoms with Gasteiger partial charge in [0.1, 0.15) is 0 Å². The van der Waals surface area contributed by atoms with Crippen molar-refractivity contribution < 1.29 is 4.79 Å². The van der Waals surface area contributed by atoms with Crippen molar-refractivity contribution in [3.63, 3.8) is 0 Å². The van der Waals surface area contributed by atoms with Crippen LogP contribution in [0.3, 0.4) is 0 Å². The van der Waals surface area contributed by atoms with Gasteiger partial charge in [-0.15, -0.1) is 0 Å². The Morgan fingerprint density at radius 1 is 1.21 bits per heavy atom. The van der Waals surface area contributed by atoms with Crippen LogP contribution in [-0.2, 0) is 11.2 Å². The van der Waals surface area contributed by atoms with Gasteiger partial charge in [-0.3, -0.25) is 9.79 Å². The SMILES string of the molecule is CCCCNC(=NCCCC(=O)N1CCc2ccccc21)NCC. The molecule has 5 nitrogen and oxygen atoms in total. The van der Waals surface area contributed by atoms with Gasteiger partial charge in [-0.25, -0.2) is 0 Å². The number of aliphatic imine (C=N–C) groups is 1. The molecule has 1 amide bonds. The lowest BCUT2D eigenvalue weighted by molar-refractivity contribution is -0.118. The summed E-state index contributed by atoms with van der Waals surface area (Å²) in [5, 5.41) is 6.56. The van der Waals surface area contributed by atoms with Crippen molar-refractivity contribution in [3.8, 4) is 0 Å². The number of para-hydroxylation sites is 1. The zero-order valence-electron chi connectivity index (χ0n) is 15.0. The Hall–Kier alpha value is -2.04. The summed E-state index contributed by atoms with van der Waals surface area (Å²) in [5.41, 5.74) is 2.36. The fraction of sp³-hybridized carbons (Fsp3) is 0.579. The van der Waals surface area contributed by atoms with Gasteiger partial charge in [0.25, 0.3) is 0 Å². The molecule has 0 unspecified atom stereocenters. The number of fused-ring (bicyclic) bond motifs is 1. The smallest absolute Gasteiger partial charge is 0.227 e. The molecule has 1 aromatic carbocycles. The maximum absolute atomic E-state index is 12.4. The van der Waals surface area contributed by atoms with E-state index in [1.165, 1.54) is 5.56 Å². The molecule has 1 aromatic rings. The van der Waals surface area contributed by atoms with E-state index in [1.54, 1.807) is 0 Å². The Labute approximate surface area is 145 Å². The van der Waals surface area contributed by atoms with Crippen LogP contribution in [0.1, 0.15) is 45.1 Å². The first-order valence-electron chi connectivity index (χ1n) is 9.16. The second-order valence-electron chi connectivity index (χ2n) is 6.07. The largest absolute Gasteiger partial charge is 0.357 e. The lowest BCUT2D eigenvalue weighted by Crippen LogP contribution is -2.37. The molecule has 0 saturated heterocycles. The molecule has 1 heterocycles. The molecular weight excluding hydrogens is 300 g/mol. The third-order valence-electron chi connectivity index (χ3n) is 4.17. The molecule has 0 aromatic heterocycles. The van der Waals surface area contributed by atoms with E-state index in [9.17, 15) is 4.79 Å². The highest BCUT2D eigenvalue weighted by atomic mass is 16.2. The van der Waals surface area contributed by atoms with E-state index in [0.29, 0.717) is 13.0 Å². The van der Waals surface area contributed by atoms with Crippen LogP contribution in [-0.4, -0.2) is 38.0 Å². The van der Waals surface area contributed by atoms with E-state index < -0.39 is 0 Å². The number of amides is 1. The fourth-order valence-corrected chi connectivity index (χ4v) is 2.88. The van der Waals surface area contributed by atoms with Gasteiger partial charge in [0.15, 0.2) is 5.96 Å². The Morgan fingerprint density at radius 2 is 2.04 bits per heavy atom. The molecule has 5 heteroatoms. The molecule has 132 valence electrons. The maximum atomic E-state index is 12.4. The summed E-state index contributed by atoms with van der Waals surface area (Å²) in [4.78, 5) is 18.9. The summed E-state index contributed by atoms with van der Waals surface area (Å²) in [5.74, 6) is 1.06. The third-order valence-corrected chi connectivity index (χ3v) is 4.17. The van der Waals surface area contributed by atoms with Crippen molar-refractivity contribution >= 4 is 17.6 Å². The van der Waals surface area contributed by atoms with Crippen molar-refractivity contribution in [1.82, 2.24) is 10.6 Å². The van der Waals surface area contributed by atoms with Crippen LogP contribution >= 0.6 is 0 Å². The molecule has 24 heavy (non-hydrogen) atoms. The van der Waals surface area contributed by atoms with Crippen LogP contribution in [0.25, 0.3) is 0 Å². The Bertz CT molecular complexity index is 556. The topological polar surface area (TPSA) is 56.7 Å². The maximum Gasteiger partial charge on any atom is 0.227 e. The molecule has 1 aliphatic rings. The summed E-state index contributed by atoms with van der Waals surface area (Å²) in [6.45, 7) is 7.50. The first kappa shape index (κ1) is 18.3. The average molecular weight is 330 g/mol. The highest BCUT2D eigenvalue weighted by Crippen LogP contribution is 2.27. The van der Waals surface area contributed by atoms with Crippen LogP contribution in [0.15, 0.2) is 29.3 Å². The average Bonchev–Trinajstić information content (AvgIpc) is 3.03. The minimum absolute atomic E-state index is 0.207. The van der Waals surface area contributed by atoms with Crippen LogP contribution < -0.4 is 15.5 Å². The van der Waals surface area contributed by atoms with Crippen molar-refractivity contribution in [2.24, 2.45) is 4.99 Å². The Kier molecular flexibility index (Phi) is 7.59. The quantitative estimate of drug-likeness (QED) is 0.438. The predicted octanol–water partition coefficient (Wildman–Crippen LogP) is 2.71. The normalized spacial score (nSPS) is 13.8. The zero-order valence-corrected chi connectivity index (χ0v) is 15.0. The monoisotopic (exact) mass is 330 g/mol. The number of benzene rings is 1. The number of nitrogens with one attached hydrogen (secondary N) is 2. The number of carbonyl (C=O) groups excluding carboxylic acids is 1. The van der Waals surface area contributed by atoms with Crippen LogP contribution in [0, 0.1) is 0 Å². The molecule has 0 aliphatic carbocycles. The van der Waals surface area contributed by atoms with Gasteiger partial charge in [0.05, 0.1) is 0 Å². The molecule has 0 radical (unpaired) electrons. The second kappa shape index (κ2) is 9.96. The van der Waals surface area contributed by atoms with Crippen molar-refractivity contribution in [2.45, 2.75) is 46.0 Å². The lowest BCUT2D eigenvalue weighted by Gasteiger charge is -2.17. The zero-order chi connectivity index (χ0) is 17.2. The van der Waals surface area contributed by atoms with E-state index in [2.05, 4.69) is 35.5 Å². The number of hydrogen-bond donors (Lipinski definition) is 2. The van der Waals surface area contributed by atoms with Gasteiger partial charge < -0.3 is 15.5 Å². The number of rotatable bonds is 8. The van der Waals surface area contributed by atoms with E-state index in [4.69, 9.17) is 0 Å². The Balaban J connectivity index is 1.76. The van der Waals surface area contributed by atoms with Gasteiger partial charge in [-0.1, -0.05) is 31.5 Å². The van der Waals surface area contributed by atoms with E-state index >= 15 is 0 Å². The van der Waals surface area contributed by atoms with E-state index in [0.717, 1.165) is 57.0 Å². The van der Waals surface area contributed by atoms with Crippen LogP contribution in [0.5, 0.6) is 0 Å². The van der Waals surface area contributed by atoms with Crippen LogP contribution in [0.4, 0.5) is 5.69 Å². The van der Waals surface area contributed by atoms with Crippen molar-refractivity contribution in [3.05, 3.63) is 29.8 Å². The molecular formula is C19H30N4O. The fourth-order valence-electron chi connectivity index (χ4n) is 2.88. The van der Waals surface area contributed by atoms with Gasteiger partial charge >= 0.3 is 0 Å². The third kappa shape index (κ3) is 5.25. The predicted molar refractivity (Wildman–Crippen MR) is 101 cm³/mol. The molecule has 0 saturated carbocycles. The van der Waals surface area contributed by atoms with Gasteiger partial charge in [0.2, 0.25) is 5.91 Å². The molecule has 2 rings (SSSR count). The lowest BCUT2D eigenvalue weighted by atomic mass is 10.2. The minimum Gasteiger partial charge on any atom is -0.357 e. The number of hydrogen-bond acceptors (Lipinski definition) is 2. The number of unbranched alkanes of at least 4 members (excludes halogenated alkanes) is 1. The van der Waals surface area contributed by atoms with E-state index in [1.807, 2.05) is 23.1 Å². The molecule has 2 N–H and O–H groups in total. The van der Waals surface area contributed by atoms with Crippen molar-refractivity contribution in [1.29, 1.82) is 0 Å². The standard InChI is InChI=1S/C19H30N4O/c1-3-5-13-21-19(20-4-2)22-14-8-11-18(24)23-15-12-16-9-6-7-10-17(16)23/h6-7,9-10H,3-5,8,11-15H2,1-2H3,(H2,20,21,22). The Morgan fingerprint density at radius 3 is 2.83 bits per heavy atom. The first-order valence-corrected chi connectivity index (χ1v) is 9.16. The number of carbonyl (C=O) groups is 1. The van der Waals surface area contributed by atoms with Gasteiger partial charge in [0, 0.05) is 38.3 Å². The molecule has 0 fully saturated rings. The summed E-state index contributed by atoms with van der Waals surface area (Å²) < 4.78 is 0. The van der Waals surface area contributed by atoms with Gasteiger partial charge in [-0.05, 0) is 37.8 Å². The number of nitrogens with zero attached hydrogens (tertiary/aromatic N) is 2. The summed E-state index contributed by atoms with van der Waals surface area (Å²) in [6, 6.07) is 8.19. The molecule has 0 bridgehead atoms. The highest BCUT2D eigenvalue weighted by molar-refractivity contribution is 5.95.